The van der Waals surface area contributed by atoms with Crippen molar-refractivity contribution in [1.82, 2.24) is 0 Å². The fraction of sp³-hybridized carbons (Fsp3) is 0.625. The molecule has 5 rings (SSSR count). The van der Waals surface area contributed by atoms with Gasteiger partial charge < -0.3 is 18.9 Å². The molecule has 2 aromatic carbocycles. The van der Waals surface area contributed by atoms with E-state index in [0.717, 1.165) is 37.8 Å². The Hall–Kier alpha value is -2.53. The molecule has 0 amide bonds. The second kappa shape index (κ2) is 13.2. The first-order valence-electron chi connectivity index (χ1n) is 15.0. The van der Waals surface area contributed by atoms with Gasteiger partial charge in [-0.1, -0.05) is 19.1 Å². The van der Waals surface area contributed by atoms with Crippen LogP contribution >= 0.6 is 0 Å². The fourth-order valence-corrected chi connectivity index (χ4v) is 6.70. The van der Waals surface area contributed by atoms with E-state index in [0.29, 0.717) is 61.0 Å². The minimum atomic E-state index is -4.66. The predicted octanol–water partition coefficient (Wildman–Crippen LogP) is 9.34. The summed E-state index contributed by atoms with van der Waals surface area (Å²) in [5.41, 5.74) is 1.37. The highest BCUT2D eigenvalue weighted by molar-refractivity contribution is 5.33. The van der Waals surface area contributed by atoms with Crippen LogP contribution in [0.5, 0.6) is 11.5 Å². The highest BCUT2D eigenvalue weighted by Gasteiger charge is 2.45. The molecule has 2 aliphatic carbocycles. The van der Waals surface area contributed by atoms with Crippen LogP contribution in [0, 0.1) is 35.3 Å². The Bertz CT molecular complexity index is 1210. The summed E-state index contributed by atoms with van der Waals surface area (Å²) >= 11 is 0. The maximum Gasteiger partial charge on any atom is 0.422 e. The Labute approximate surface area is 246 Å². The molecule has 4 nitrogen and oxygen atoms in total. The van der Waals surface area contributed by atoms with Gasteiger partial charge in [0.25, 0.3) is 0 Å². The number of benzene rings is 2. The molecule has 1 aliphatic heterocycles. The van der Waals surface area contributed by atoms with Crippen molar-refractivity contribution in [2.45, 2.75) is 82.8 Å². The number of alkyl halides is 5. The first-order chi connectivity index (χ1) is 20.4. The average Bonchev–Trinajstić information content (AvgIpc) is 2.97. The van der Waals surface area contributed by atoms with Crippen LogP contribution in [-0.2, 0) is 9.47 Å². The smallest absolute Gasteiger partial charge is 0.422 e. The number of hydrogen-bond acceptors (Lipinski definition) is 4. The van der Waals surface area contributed by atoms with Crippen molar-refractivity contribution in [1.29, 1.82) is 0 Å². The van der Waals surface area contributed by atoms with E-state index in [9.17, 15) is 26.3 Å². The normalized spacial score (nSPS) is 28.8. The third-order valence-electron chi connectivity index (χ3n) is 9.03. The van der Waals surface area contributed by atoms with Crippen LogP contribution in [0.3, 0.4) is 0 Å². The van der Waals surface area contributed by atoms with Gasteiger partial charge in [-0.2, -0.15) is 22.0 Å². The first kappa shape index (κ1) is 31.9. The summed E-state index contributed by atoms with van der Waals surface area (Å²) in [4.78, 5) is 0. The van der Waals surface area contributed by atoms with Crippen molar-refractivity contribution in [3.8, 4) is 11.5 Å². The van der Waals surface area contributed by atoms with E-state index in [1.54, 1.807) is 0 Å². The maximum absolute atomic E-state index is 15.1. The van der Waals surface area contributed by atoms with E-state index in [2.05, 4.69) is 4.74 Å². The zero-order valence-corrected chi connectivity index (χ0v) is 24.0. The average molecular weight is 619 g/mol. The van der Waals surface area contributed by atoms with E-state index in [-0.39, 0.29) is 24.6 Å². The Morgan fingerprint density at radius 2 is 1.40 bits per heavy atom. The van der Waals surface area contributed by atoms with Crippen molar-refractivity contribution >= 4 is 0 Å². The van der Waals surface area contributed by atoms with Gasteiger partial charge in [0, 0.05) is 17.5 Å². The van der Waals surface area contributed by atoms with Crippen molar-refractivity contribution < 1.29 is 49.7 Å². The van der Waals surface area contributed by atoms with Crippen molar-refractivity contribution in [2.75, 3.05) is 19.8 Å². The summed E-state index contributed by atoms with van der Waals surface area (Å²) in [6.07, 6.45) is -3.57. The standard InChI is InChI=1S/C32H37F7O4/c1-19-16-40-30(41-17-19)23-8-12-26(27(33)14-23)22-4-2-20(3-5-22)21-6-9-24(10-7-21)32(38,39)43-25-11-13-29(28(34)15-25)42-18-31(35,36)37/h8,11-15,19-22,24,30H,2-7,9-10,16-18H2,1H3. The van der Waals surface area contributed by atoms with Gasteiger partial charge >= 0.3 is 12.3 Å². The number of halogens is 7. The summed E-state index contributed by atoms with van der Waals surface area (Å²) in [6.45, 7) is 1.49. The van der Waals surface area contributed by atoms with Crippen molar-refractivity contribution in [3.05, 3.63) is 59.2 Å². The number of hydrogen-bond donors (Lipinski definition) is 0. The van der Waals surface area contributed by atoms with Gasteiger partial charge in [0.15, 0.2) is 24.5 Å². The van der Waals surface area contributed by atoms with Crippen molar-refractivity contribution in [3.63, 3.8) is 0 Å². The Morgan fingerprint density at radius 1 is 0.767 bits per heavy atom. The molecule has 0 spiro atoms. The second-order valence-corrected chi connectivity index (χ2v) is 12.3. The quantitative estimate of drug-likeness (QED) is 0.276. The number of rotatable bonds is 8. The lowest BCUT2D eigenvalue weighted by molar-refractivity contribution is -0.224. The lowest BCUT2D eigenvalue weighted by atomic mass is 9.68. The van der Waals surface area contributed by atoms with E-state index in [4.69, 9.17) is 14.2 Å². The minimum Gasteiger partial charge on any atom is -0.481 e. The first-order valence-corrected chi connectivity index (χ1v) is 15.0. The molecule has 2 saturated carbocycles. The molecule has 3 fully saturated rings. The Balaban J connectivity index is 1.09. The highest BCUT2D eigenvalue weighted by atomic mass is 19.4. The van der Waals surface area contributed by atoms with Crippen LogP contribution in [0.4, 0.5) is 30.7 Å². The molecule has 43 heavy (non-hydrogen) atoms. The van der Waals surface area contributed by atoms with E-state index in [1.165, 1.54) is 6.07 Å². The SMILES string of the molecule is CC1COC(c2ccc(C3CCC(C4CCC(C(F)(F)Oc5ccc(OCC(F)(F)F)c(F)c5)CC4)CC3)c(F)c2)OC1. The molecule has 0 radical (unpaired) electrons. The lowest BCUT2D eigenvalue weighted by Crippen LogP contribution is -2.38. The molecule has 3 aliphatic rings. The van der Waals surface area contributed by atoms with Crippen LogP contribution in [0.25, 0.3) is 0 Å². The third kappa shape index (κ3) is 8.15. The van der Waals surface area contributed by atoms with Gasteiger partial charge in [-0.05, 0) is 92.9 Å². The summed E-state index contributed by atoms with van der Waals surface area (Å²) in [6, 6.07) is 7.65. The van der Waals surface area contributed by atoms with Gasteiger partial charge in [0.05, 0.1) is 19.1 Å². The third-order valence-corrected chi connectivity index (χ3v) is 9.03. The second-order valence-electron chi connectivity index (χ2n) is 12.3. The molecule has 0 bridgehead atoms. The molecule has 0 unspecified atom stereocenters. The summed E-state index contributed by atoms with van der Waals surface area (Å²) in [5.74, 6) is -2.59. The summed E-state index contributed by atoms with van der Waals surface area (Å²) in [5, 5.41) is 0. The van der Waals surface area contributed by atoms with Crippen LogP contribution in [0.1, 0.15) is 81.6 Å². The monoisotopic (exact) mass is 618 g/mol. The van der Waals surface area contributed by atoms with Crippen LogP contribution in [0.2, 0.25) is 0 Å². The summed E-state index contributed by atoms with van der Waals surface area (Å²) < 4.78 is 117. The van der Waals surface area contributed by atoms with Gasteiger partial charge in [-0.25, -0.2) is 8.78 Å². The minimum absolute atomic E-state index is 0.109. The topological polar surface area (TPSA) is 36.9 Å². The van der Waals surface area contributed by atoms with Crippen LogP contribution in [0.15, 0.2) is 36.4 Å². The molecule has 0 atom stereocenters. The molecule has 2 aromatic rings. The summed E-state index contributed by atoms with van der Waals surface area (Å²) in [7, 11) is 0. The molecule has 1 saturated heterocycles. The fourth-order valence-electron chi connectivity index (χ4n) is 6.70. The van der Waals surface area contributed by atoms with Gasteiger partial charge in [0.2, 0.25) is 0 Å². The maximum atomic E-state index is 15.1. The molecular weight excluding hydrogens is 581 g/mol. The zero-order chi connectivity index (χ0) is 30.8. The van der Waals surface area contributed by atoms with Crippen LogP contribution < -0.4 is 9.47 Å². The molecular formula is C32H37F7O4. The van der Waals surface area contributed by atoms with Gasteiger partial charge in [-0.3, -0.25) is 0 Å². The van der Waals surface area contributed by atoms with Crippen LogP contribution in [-0.4, -0.2) is 32.1 Å². The van der Waals surface area contributed by atoms with Gasteiger partial charge in [0.1, 0.15) is 11.6 Å². The molecule has 0 N–H and O–H groups in total. The van der Waals surface area contributed by atoms with E-state index >= 15 is 4.39 Å². The largest absolute Gasteiger partial charge is 0.481 e. The highest BCUT2D eigenvalue weighted by Crippen LogP contribution is 2.47. The molecule has 11 heteroatoms. The Morgan fingerprint density at radius 3 is 1.98 bits per heavy atom. The Kier molecular flexibility index (Phi) is 9.80. The molecule has 0 aromatic heterocycles. The zero-order valence-electron chi connectivity index (χ0n) is 24.0. The van der Waals surface area contributed by atoms with E-state index in [1.807, 2.05) is 19.1 Å². The van der Waals surface area contributed by atoms with E-state index < -0.39 is 48.4 Å². The molecule has 238 valence electrons. The number of ether oxygens (including phenoxy) is 4. The molecule has 1 heterocycles. The predicted molar refractivity (Wildman–Crippen MR) is 144 cm³/mol. The van der Waals surface area contributed by atoms with Crippen molar-refractivity contribution in [2.24, 2.45) is 23.7 Å². The lowest BCUT2D eigenvalue weighted by Gasteiger charge is -2.39. The van der Waals surface area contributed by atoms with Gasteiger partial charge in [-0.15, -0.1) is 0 Å².